The van der Waals surface area contributed by atoms with Gasteiger partial charge in [-0.25, -0.2) is 0 Å². The molecule has 1 aromatic rings. The van der Waals surface area contributed by atoms with Crippen molar-refractivity contribution < 1.29 is 4.79 Å². The van der Waals surface area contributed by atoms with Gasteiger partial charge in [-0.15, -0.1) is 23.4 Å². The summed E-state index contributed by atoms with van der Waals surface area (Å²) in [7, 11) is 0. The molecular formula is C11H12BrClOS. The first kappa shape index (κ1) is 13.1. The lowest BCUT2D eigenvalue weighted by Crippen LogP contribution is -2.04. The van der Waals surface area contributed by atoms with Crippen LogP contribution >= 0.6 is 39.3 Å². The SMILES string of the molecule is CSc1cc(CBr)cc(CC(=O)CCl)c1. The zero-order valence-corrected chi connectivity index (χ0v) is 11.6. The van der Waals surface area contributed by atoms with Gasteiger partial charge in [0.2, 0.25) is 0 Å². The Hall–Kier alpha value is 0.01000. The van der Waals surface area contributed by atoms with Crippen molar-refractivity contribution in [3.05, 3.63) is 29.3 Å². The summed E-state index contributed by atoms with van der Waals surface area (Å²) in [4.78, 5) is 12.4. The van der Waals surface area contributed by atoms with E-state index in [1.165, 1.54) is 10.5 Å². The first-order valence-electron chi connectivity index (χ1n) is 4.50. The minimum Gasteiger partial charge on any atom is -0.298 e. The number of rotatable bonds is 5. The fraction of sp³-hybridized carbons (Fsp3) is 0.364. The van der Waals surface area contributed by atoms with Gasteiger partial charge in [0.05, 0.1) is 5.88 Å². The number of carbonyl (C=O) groups excluding carboxylic acids is 1. The van der Waals surface area contributed by atoms with Gasteiger partial charge in [-0.2, -0.15) is 0 Å². The molecule has 0 heterocycles. The highest BCUT2D eigenvalue weighted by molar-refractivity contribution is 9.08. The molecule has 0 bridgehead atoms. The lowest BCUT2D eigenvalue weighted by Gasteiger charge is -2.05. The maximum Gasteiger partial charge on any atom is 0.151 e. The molecular weight excluding hydrogens is 296 g/mol. The van der Waals surface area contributed by atoms with E-state index < -0.39 is 0 Å². The predicted octanol–water partition coefficient (Wildman–Crippen LogP) is 3.65. The molecule has 4 heteroatoms. The van der Waals surface area contributed by atoms with Crippen LogP contribution in [0.5, 0.6) is 0 Å². The molecule has 0 amide bonds. The van der Waals surface area contributed by atoms with Crippen LogP contribution in [0.15, 0.2) is 23.1 Å². The quantitative estimate of drug-likeness (QED) is 0.610. The number of hydrogen-bond donors (Lipinski definition) is 0. The molecule has 1 aromatic carbocycles. The van der Waals surface area contributed by atoms with Crippen molar-refractivity contribution in [2.24, 2.45) is 0 Å². The average Bonchev–Trinajstić information content (AvgIpc) is 2.28. The van der Waals surface area contributed by atoms with Crippen molar-refractivity contribution in [3.8, 4) is 0 Å². The third-order valence-corrected chi connectivity index (χ3v) is 3.62. The smallest absolute Gasteiger partial charge is 0.151 e. The fourth-order valence-corrected chi connectivity index (χ4v) is 2.26. The Morgan fingerprint density at radius 1 is 1.40 bits per heavy atom. The second-order valence-electron chi connectivity index (χ2n) is 3.17. The van der Waals surface area contributed by atoms with Crippen molar-refractivity contribution in [1.82, 2.24) is 0 Å². The highest BCUT2D eigenvalue weighted by Gasteiger charge is 2.05. The molecule has 0 aliphatic heterocycles. The van der Waals surface area contributed by atoms with Crippen LogP contribution in [0.3, 0.4) is 0 Å². The zero-order valence-electron chi connectivity index (χ0n) is 8.43. The summed E-state index contributed by atoms with van der Waals surface area (Å²) >= 11 is 10.6. The van der Waals surface area contributed by atoms with Crippen molar-refractivity contribution in [1.29, 1.82) is 0 Å². The molecule has 1 rings (SSSR count). The van der Waals surface area contributed by atoms with Gasteiger partial charge >= 0.3 is 0 Å². The van der Waals surface area contributed by atoms with Crippen LogP contribution in [0.4, 0.5) is 0 Å². The van der Waals surface area contributed by atoms with Crippen molar-refractivity contribution in [3.63, 3.8) is 0 Å². The van der Waals surface area contributed by atoms with E-state index in [0.717, 1.165) is 10.9 Å². The van der Waals surface area contributed by atoms with Gasteiger partial charge in [0.25, 0.3) is 0 Å². The number of thioether (sulfide) groups is 1. The predicted molar refractivity (Wildman–Crippen MR) is 70.3 cm³/mol. The number of alkyl halides is 2. The molecule has 0 atom stereocenters. The monoisotopic (exact) mass is 306 g/mol. The molecule has 0 fully saturated rings. The summed E-state index contributed by atoms with van der Waals surface area (Å²) < 4.78 is 0. The van der Waals surface area contributed by atoms with E-state index >= 15 is 0 Å². The highest BCUT2D eigenvalue weighted by atomic mass is 79.9. The van der Waals surface area contributed by atoms with Crippen LogP contribution in [0.25, 0.3) is 0 Å². The summed E-state index contributed by atoms with van der Waals surface area (Å²) in [6.07, 6.45) is 2.46. The molecule has 0 aliphatic rings. The van der Waals surface area contributed by atoms with Crippen molar-refractivity contribution in [2.75, 3.05) is 12.1 Å². The van der Waals surface area contributed by atoms with Crippen LogP contribution in [-0.4, -0.2) is 17.9 Å². The van der Waals surface area contributed by atoms with Gasteiger partial charge in [0, 0.05) is 16.6 Å². The van der Waals surface area contributed by atoms with Crippen LogP contribution in [0, 0.1) is 0 Å². The van der Waals surface area contributed by atoms with Gasteiger partial charge < -0.3 is 0 Å². The maximum atomic E-state index is 11.2. The Kier molecular flexibility index (Phi) is 5.72. The highest BCUT2D eigenvalue weighted by Crippen LogP contribution is 2.21. The molecule has 0 radical (unpaired) electrons. The second kappa shape index (κ2) is 6.56. The Morgan fingerprint density at radius 2 is 2.07 bits per heavy atom. The second-order valence-corrected chi connectivity index (χ2v) is 4.88. The normalized spacial score (nSPS) is 10.3. The van der Waals surface area contributed by atoms with Crippen molar-refractivity contribution >= 4 is 45.1 Å². The van der Waals surface area contributed by atoms with Gasteiger partial charge in [0.15, 0.2) is 5.78 Å². The zero-order chi connectivity index (χ0) is 11.3. The number of ketones is 1. The summed E-state index contributed by atoms with van der Waals surface area (Å²) in [6.45, 7) is 0. The van der Waals surface area contributed by atoms with Crippen molar-refractivity contribution in [2.45, 2.75) is 16.6 Å². The first-order valence-corrected chi connectivity index (χ1v) is 7.38. The molecule has 1 nitrogen and oxygen atoms in total. The minimum absolute atomic E-state index is 0.0652. The summed E-state index contributed by atoms with van der Waals surface area (Å²) in [6, 6.07) is 6.20. The minimum atomic E-state index is 0.0652. The third kappa shape index (κ3) is 4.17. The van der Waals surface area contributed by atoms with E-state index in [9.17, 15) is 4.79 Å². The molecule has 82 valence electrons. The first-order chi connectivity index (χ1) is 7.19. The van der Waals surface area contributed by atoms with E-state index in [4.69, 9.17) is 11.6 Å². The number of benzene rings is 1. The fourth-order valence-electron chi connectivity index (χ4n) is 1.30. The average molecular weight is 308 g/mol. The van der Waals surface area contributed by atoms with Crippen LogP contribution in [0.1, 0.15) is 11.1 Å². The largest absolute Gasteiger partial charge is 0.298 e. The molecule has 0 saturated heterocycles. The molecule has 0 saturated carbocycles. The Labute approximate surface area is 108 Å². The van der Waals surface area contributed by atoms with Gasteiger partial charge in [-0.1, -0.05) is 22.0 Å². The van der Waals surface area contributed by atoms with Gasteiger partial charge in [0.1, 0.15) is 0 Å². The third-order valence-electron chi connectivity index (χ3n) is 1.97. The lowest BCUT2D eigenvalue weighted by atomic mass is 10.1. The molecule has 0 N–H and O–H groups in total. The molecule has 0 unspecified atom stereocenters. The lowest BCUT2D eigenvalue weighted by molar-refractivity contribution is -0.116. The summed E-state index contributed by atoms with van der Waals surface area (Å²) in [5.74, 6) is 0.156. The van der Waals surface area contributed by atoms with Crippen LogP contribution in [0.2, 0.25) is 0 Å². The number of carbonyl (C=O) groups is 1. The van der Waals surface area contributed by atoms with E-state index in [2.05, 4.69) is 22.0 Å². The number of halogens is 2. The number of hydrogen-bond acceptors (Lipinski definition) is 2. The van der Waals surface area contributed by atoms with E-state index in [0.29, 0.717) is 6.42 Å². The van der Waals surface area contributed by atoms with Crippen LogP contribution in [-0.2, 0) is 16.5 Å². The Balaban J connectivity index is 2.91. The topological polar surface area (TPSA) is 17.1 Å². The van der Waals surface area contributed by atoms with E-state index in [1.54, 1.807) is 11.8 Å². The molecule has 0 aromatic heterocycles. The van der Waals surface area contributed by atoms with E-state index in [-0.39, 0.29) is 11.7 Å². The van der Waals surface area contributed by atoms with Crippen LogP contribution < -0.4 is 0 Å². The van der Waals surface area contributed by atoms with Gasteiger partial charge in [-0.05, 0) is 29.5 Å². The summed E-state index contributed by atoms with van der Waals surface area (Å²) in [5, 5.41) is 0.809. The number of Topliss-reactive ketones (excluding diaryl/α,β-unsaturated/α-hetero) is 1. The Bertz CT molecular complexity index is 332. The summed E-state index contributed by atoms with van der Waals surface area (Å²) in [5.41, 5.74) is 2.24. The standard InChI is InChI=1S/C11H12BrClOS/c1-15-11-4-8(3-10(14)7-13)2-9(5-11)6-12/h2,4-5H,3,6-7H2,1H3. The maximum absolute atomic E-state index is 11.2. The Morgan fingerprint density at radius 3 is 2.60 bits per heavy atom. The molecule has 15 heavy (non-hydrogen) atoms. The van der Waals surface area contributed by atoms with Gasteiger partial charge in [-0.3, -0.25) is 4.79 Å². The van der Waals surface area contributed by atoms with E-state index in [1.807, 2.05) is 18.4 Å². The molecule has 0 spiro atoms. The molecule has 0 aliphatic carbocycles.